The molecule has 0 radical (unpaired) electrons. The molecule has 0 aliphatic heterocycles. The summed E-state index contributed by atoms with van der Waals surface area (Å²) in [6.07, 6.45) is -3.18. The Hall–Kier alpha value is -2.30. The van der Waals surface area contributed by atoms with E-state index in [-0.39, 0.29) is 23.6 Å². The van der Waals surface area contributed by atoms with E-state index >= 15 is 0 Å². The zero-order valence-electron chi connectivity index (χ0n) is 15.2. The molecule has 0 fully saturated rings. The van der Waals surface area contributed by atoms with Crippen molar-refractivity contribution in [3.63, 3.8) is 0 Å². The molecule has 0 aliphatic rings. The van der Waals surface area contributed by atoms with E-state index in [0.717, 1.165) is 6.34 Å². The molecule has 7 nitrogen and oxygen atoms in total. The van der Waals surface area contributed by atoms with E-state index in [9.17, 15) is 26.4 Å². The van der Waals surface area contributed by atoms with Gasteiger partial charge < -0.3 is 15.0 Å². The third-order valence-corrected chi connectivity index (χ3v) is 4.37. The predicted octanol–water partition coefficient (Wildman–Crippen LogP) is 1.98. The van der Waals surface area contributed by atoms with E-state index in [2.05, 4.69) is 4.40 Å². The number of amides is 1. The maximum Gasteiger partial charge on any atom is 0.471 e. The van der Waals surface area contributed by atoms with Gasteiger partial charge in [0.25, 0.3) is 10.0 Å². The van der Waals surface area contributed by atoms with Crippen LogP contribution >= 0.6 is 0 Å². The number of nitrogens with zero attached hydrogens (tertiary/aromatic N) is 2. The van der Waals surface area contributed by atoms with Crippen molar-refractivity contribution in [1.29, 1.82) is 0 Å². The Balaban J connectivity index is 3.05. The van der Waals surface area contributed by atoms with Crippen LogP contribution in [-0.4, -0.2) is 59.0 Å². The Morgan fingerprint density at radius 2 is 2.00 bits per heavy atom. The van der Waals surface area contributed by atoms with Gasteiger partial charge in [-0.15, -0.1) is 4.40 Å². The fourth-order valence-corrected chi connectivity index (χ4v) is 2.98. The van der Waals surface area contributed by atoms with Crippen LogP contribution in [0, 0.1) is 0 Å². The zero-order chi connectivity index (χ0) is 20.7. The molecule has 11 heteroatoms. The number of hydrogen-bond donors (Lipinski definition) is 1. The summed E-state index contributed by atoms with van der Waals surface area (Å²) in [4.78, 5) is 12.1. The van der Waals surface area contributed by atoms with Crippen LogP contribution in [0.4, 0.5) is 13.2 Å². The van der Waals surface area contributed by atoms with Gasteiger partial charge in [-0.2, -0.15) is 21.6 Å². The van der Waals surface area contributed by atoms with Crippen LogP contribution in [0.2, 0.25) is 0 Å². The summed E-state index contributed by atoms with van der Waals surface area (Å²) in [5.41, 5.74) is 0.417. The Bertz CT molecular complexity index is 778. The van der Waals surface area contributed by atoms with Crippen molar-refractivity contribution in [1.82, 2.24) is 10.2 Å². The molecule has 1 amide bonds. The molecule has 0 spiro atoms. The summed E-state index contributed by atoms with van der Waals surface area (Å²) in [6.45, 7) is 1.85. The fraction of sp³-hybridized carbons (Fsp3) is 0.500. The molecular weight excluding hydrogens is 387 g/mol. The van der Waals surface area contributed by atoms with E-state index in [1.54, 1.807) is 19.4 Å². The highest BCUT2D eigenvalue weighted by molar-refractivity contribution is 7.90. The summed E-state index contributed by atoms with van der Waals surface area (Å²) in [6, 6.07) is 4.24. The first kappa shape index (κ1) is 22.7. The highest BCUT2D eigenvalue weighted by Gasteiger charge is 2.38. The smallest absolute Gasteiger partial charge is 0.471 e. The number of sulfonamides is 1. The summed E-state index contributed by atoms with van der Waals surface area (Å²) >= 11 is 0. The van der Waals surface area contributed by atoms with Gasteiger partial charge in [-0.05, 0) is 30.5 Å². The molecule has 1 N–H and O–H groups in total. The Morgan fingerprint density at radius 1 is 1.33 bits per heavy atom. The third kappa shape index (κ3) is 7.45. The van der Waals surface area contributed by atoms with Crippen molar-refractivity contribution in [3.05, 3.63) is 23.8 Å². The van der Waals surface area contributed by atoms with E-state index in [0.29, 0.717) is 18.6 Å². The zero-order valence-corrected chi connectivity index (χ0v) is 16.0. The number of alkyl halides is 3. The maximum absolute atomic E-state index is 12.5. The van der Waals surface area contributed by atoms with Gasteiger partial charge in [-0.3, -0.25) is 4.79 Å². The average Bonchev–Trinajstić information content (AvgIpc) is 2.57. The lowest BCUT2D eigenvalue weighted by Gasteiger charge is -2.12. The van der Waals surface area contributed by atoms with Gasteiger partial charge in [0.2, 0.25) is 0 Å². The van der Waals surface area contributed by atoms with Crippen LogP contribution in [-0.2, 0) is 21.2 Å². The molecule has 27 heavy (non-hydrogen) atoms. The number of nitrogens with one attached hydrogen (secondary N) is 1. The second-order valence-electron chi connectivity index (χ2n) is 5.79. The standard InChI is InChI=1S/C16H22F3N3O4S/c1-4-9-26-13-6-5-12(7-8-20-15(23)16(17,18)19)10-14(13)27(24,25)21-11-22(2)3/h5-6,10-11H,4,7-9H2,1-3H3,(H,20,23). The Morgan fingerprint density at radius 3 is 2.56 bits per heavy atom. The normalized spacial score (nSPS) is 12.2. The van der Waals surface area contributed by atoms with Gasteiger partial charge in [-0.25, -0.2) is 0 Å². The number of ether oxygens (including phenoxy) is 1. The molecular formula is C16H22F3N3O4S. The van der Waals surface area contributed by atoms with Crippen LogP contribution in [0.15, 0.2) is 27.5 Å². The Kier molecular flexibility index (Phi) is 8.07. The Labute approximate surface area is 156 Å². The lowest BCUT2D eigenvalue weighted by molar-refractivity contribution is -0.173. The molecule has 0 aromatic heterocycles. The number of hydrogen-bond acceptors (Lipinski definition) is 4. The first-order valence-electron chi connectivity index (χ1n) is 8.05. The number of carbonyl (C=O) groups excluding carboxylic acids is 1. The van der Waals surface area contributed by atoms with Gasteiger partial charge >= 0.3 is 12.1 Å². The summed E-state index contributed by atoms with van der Waals surface area (Å²) in [5.74, 6) is -1.94. The first-order valence-corrected chi connectivity index (χ1v) is 9.49. The summed E-state index contributed by atoms with van der Waals surface area (Å²) in [7, 11) is -0.859. The SMILES string of the molecule is CCCOc1ccc(CCNC(=O)C(F)(F)F)cc1S(=O)(=O)N=CN(C)C. The highest BCUT2D eigenvalue weighted by Crippen LogP contribution is 2.27. The molecule has 0 aliphatic carbocycles. The predicted molar refractivity (Wildman–Crippen MR) is 94.4 cm³/mol. The second kappa shape index (κ2) is 9.58. The molecule has 0 unspecified atom stereocenters. The van der Waals surface area contributed by atoms with E-state index in [1.807, 2.05) is 6.92 Å². The molecule has 1 rings (SSSR count). The van der Waals surface area contributed by atoms with Gasteiger partial charge in [-0.1, -0.05) is 13.0 Å². The summed E-state index contributed by atoms with van der Waals surface area (Å²) < 4.78 is 70.5. The molecule has 1 aromatic rings. The molecule has 0 saturated heterocycles. The van der Waals surface area contributed by atoms with Crippen molar-refractivity contribution in [2.24, 2.45) is 4.40 Å². The topological polar surface area (TPSA) is 88.1 Å². The summed E-state index contributed by atoms with van der Waals surface area (Å²) in [5, 5.41) is 1.74. The van der Waals surface area contributed by atoms with Gasteiger partial charge in [0.05, 0.1) is 6.61 Å². The van der Waals surface area contributed by atoms with Crippen LogP contribution in [0.25, 0.3) is 0 Å². The highest BCUT2D eigenvalue weighted by atomic mass is 32.2. The molecule has 0 heterocycles. The first-order chi connectivity index (χ1) is 12.5. The van der Waals surface area contributed by atoms with E-state index < -0.39 is 22.1 Å². The number of carbonyl (C=O) groups is 1. The van der Waals surface area contributed by atoms with E-state index in [4.69, 9.17) is 4.74 Å². The van der Waals surface area contributed by atoms with Crippen LogP contribution < -0.4 is 10.1 Å². The lowest BCUT2D eigenvalue weighted by atomic mass is 10.1. The average molecular weight is 409 g/mol. The van der Waals surface area contributed by atoms with Crippen LogP contribution in [0.3, 0.4) is 0 Å². The lowest BCUT2D eigenvalue weighted by Crippen LogP contribution is -2.37. The van der Waals surface area contributed by atoms with Crippen LogP contribution in [0.5, 0.6) is 5.75 Å². The van der Waals surface area contributed by atoms with Gasteiger partial charge in [0.15, 0.2) is 0 Å². The van der Waals surface area contributed by atoms with Crippen molar-refractivity contribution >= 4 is 22.3 Å². The second-order valence-corrected chi connectivity index (χ2v) is 7.39. The molecule has 152 valence electrons. The largest absolute Gasteiger partial charge is 0.492 e. The molecule has 0 bridgehead atoms. The molecule has 0 atom stereocenters. The fourth-order valence-electron chi connectivity index (χ4n) is 1.87. The van der Waals surface area contributed by atoms with Crippen LogP contribution in [0.1, 0.15) is 18.9 Å². The minimum Gasteiger partial charge on any atom is -0.492 e. The molecule has 0 saturated carbocycles. The third-order valence-electron chi connectivity index (χ3n) is 3.12. The van der Waals surface area contributed by atoms with Gasteiger partial charge in [0.1, 0.15) is 17.0 Å². The minimum atomic E-state index is -4.97. The monoisotopic (exact) mass is 409 g/mol. The van der Waals surface area contributed by atoms with Crippen molar-refractivity contribution in [2.75, 3.05) is 27.2 Å². The number of rotatable bonds is 9. The maximum atomic E-state index is 12.5. The quantitative estimate of drug-likeness (QED) is 0.498. The number of benzene rings is 1. The van der Waals surface area contributed by atoms with Crippen molar-refractivity contribution in [3.8, 4) is 5.75 Å². The van der Waals surface area contributed by atoms with E-state index in [1.165, 1.54) is 23.1 Å². The van der Waals surface area contributed by atoms with Gasteiger partial charge in [0, 0.05) is 20.6 Å². The van der Waals surface area contributed by atoms with Crippen molar-refractivity contribution < 1.29 is 31.1 Å². The van der Waals surface area contributed by atoms with Crippen molar-refractivity contribution in [2.45, 2.75) is 30.8 Å². The minimum absolute atomic E-state index is 0.00971. The molecule has 1 aromatic carbocycles. The number of halogens is 3.